The summed E-state index contributed by atoms with van der Waals surface area (Å²) < 4.78 is 4.87. The van der Waals surface area contributed by atoms with Crippen molar-refractivity contribution in [1.82, 2.24) is 4.90 Å². The Morgan fingerprint density at radius 3 is 1.84 bits per heavy atom. The number of rotatable bonds is 4. The van der Waals surface area contributed by atoms with Gasteiger partial charge in [0.05, 0.1) is 6.61 Å². The zero-order chi connectivity index (χ0) is 16.1. The van der Waals surface area contributed by atoms with Crippen molar-refractivity contribution in [1.29, 1.82) is 0 Å². The van der Waals surface area contributed by atoms with Crippen LogP contribution in [-0.2, 0) is 9.53 Å². The minimum atomic E-state index is -0.403. The van der Waals surface area contributed by atoms with Crippen molar-refractivity contribution in [2.24, 2.45) is 5.73 Å². The fourth-order valence-corrected chi connectivity index (χ4v) is 0.959. The number of methoxy groups -OCH3 is 1. The van der Waals surface area contributed by atoms with Crippen molar-refractivity contribution < 1.29 is 14.3 Å². The van der Waals surface area contributed by atoms with Gasteiger partial charge in [0.1, 0.15) is 6.79 Å². The highest BCUT2D eigenvalue weighted by molar-refractivity contribution is 5.72. The Morgan fingerprint density at radius 1 is 1.32 bits per heavy atom. The van der Waals surface area contributed by atoms with E-state index in [0.717, 1.165) is 6.42 Å². The topological polar surface area (TPSA) is 72.6 Å². The molecule has 114 valence electrons. The van der Waals surface area contributed by atoms with Gasteiger partial charge in [-0.1, -0.05) is 12.5 Å². The molecule has 19 heavy (non-hydrogen) atoms. The van der Waals surface area contributed by atoms with Crippen LogP contribution in [0.25, 0.3) is 0 Å². The van der Waals surface area contributed by atoms with Crippen molar-refractivity contribution in [3.05, 3.63) is 12.2 Å². The predicted molar refractivity (Wildman–Crippen MR) is 80.1 cm³/mol. The quantitative estimate of drug-likeness (QED) is 0.801. The van der Waals surface area contributed by atoms with Crippen molar-refractivity contribution >= 4 is 12.8 Å². The van der Waals surface area contributed by atoms with Crippen LogP contribution in [0.3, 0.4) is 0 Å². The molecule has 0 unspecified atom stereocenters. The van der Waals surface area contributed by atoms with E-state index in [2.05, 4.69) is 13.5 Å². The number of urea groups is 1. The van der Waals surface area contributed by atoms with Gasteiger partial charge in [-0.25, -0.2) is 4.79 Å². The molecular weight excluding hydrogens is 244 g/mol. The monoisotopic (exact) mass is 274 g/mol. The van der Waals surface area contributed by atoms with Gasteiger partial charge in [0, 0.05) is 19.2 Å². The maximum atomic E-state index is 10.9. The third-order valence-electron chi connectivity index (χ3n) is 2.20. The number of allylic oxidation sites excluding steroid dienone is 1. The van der Waals surface area contributed by atoms with E-state index in [1.54, 1.807) is 12.0 Å². The van der Waals surface area contributed by atoms with E-state index in [9.17, 15) is 4.79 Å². The molecule has 0 saturated carbocycles. The van der Waals surface area contributed by atoms with Crippen LogP contribution in [0.5, 0.6) is 0 Å². The van der Waals surface area contributed by atoms with Gasteiger partial charge in [-0.05, 0) is 34.1 Å². The lowest BCUT2D eigenvalue weighted by Crippen LogP contribution is -2.49. The highest BCUT2D eigenvalue weighted by Gasteiger charge is 2.23. The minimum absolute atomic E-state index is 0.232. The largest absolute Gasteiger partial charge is 0.383 e. The molecule has 2 amide bonds. The minimum Gasteiger partial charge on any atom is -0.383 e. The molecule has 2 N–H and O–H groups in total. The van der Waals surface area contributed by atoms with Crippen LogP contribution >= 0.6 is 0 Å². The van der Waals surface area contributed by atoms with Gasteiger partial charge in [-0.15, -0.1) is 6.58 Å². The number of nitrogens with zero attached hydrogens (tertiary/aromatic N) is 1. The van der Waals surface area contributed by atoms with Gasteiger partial charge in [0.15, 0.2) is 0 Å². The fraction of sp³-hybridized carbons (Fsp3) is 0.714. The third kappa shape index (κ3) is 16.6. The maximum absolute atomic E-state index is 10.9. The molecule has 0 rings (SSSR count). The molecule has 0 aromatic heterocycles. The molecule has 0 aromatic carbocycles. The molecule has 0 spiro atoms. The molecule has 5 nitrogen and oxygen atoms in total. The zero-order valence-corrected chi connectivity index (χ0v) is 13.3. The molecule has 0 heterocycles. The van der Waals surface area contributed by atoms with E-state index in [0.29, 0.717) is 13.2 Å². The Hall–Kier alpha value is -1.36. The van der Waals surface area contributed by atoms with E-state index in [1.807, 2.05) is 34.5 Å². The molecule has 0 aromatic rings. The Labute approximate surface area is 117 Å². The van der Waals surface area contributed by atoms with Gasteiger partial charge in [-0.2, -0.15) is 0 Å². The van der Waals surface area contributed by atoms with Crippen LogP contribution in [0.4, 0.5) is 4.79 Å². The number of hydrogen-bond acceptors (Lipinski definition) is 3. The summed E-state index contributed by atoms with van der Waals surface area (Å²) >= 11 is 0. The number of carbonyl (C=O) groups excluding carboxylic acids is 2. The molecule has 0 atom stereocenters. The highest BCUT2D eigenvalue weighted by Crippen LogP contribution is 2.11. The average molecular weight is 274 g/mol. The van der Waals surface area contributed by atoms with Crippen LogP contribution in [-0.4, -0.2) is 43.5 Å². The lowest BCUT2D eigenvalue weighted by Gasteiger charge is -2.33. The first kappa shape index (κ1) is 22.8. The Kier molecular flexibility index (Phi) is 15.7. The summed E-state index contributed by atoms with van der Waals surface area (Å²) in [5.74, 6) is 0. The van der Waals surface area contributed by atoms with E-state index in [1.165, 1.54) is 5.57 Å². The molecule has 0 aliphatic heterocycles. The SMILES string of the molecule is C=C(C)CC.C=O.COCCN(C(N)=O)C(C)(C)C. The highest BCUT2D eigenvalue weighted by atomic mass is 16.5. The summed E-state index contributed by atoms with van der Waals surface area (Å²) in [5, 5.41) is 0. The van der Waals surface area contributed by atoms with E-state index < -0.39 is 6.03 Å². The lowest BCUT2D eigenvalue weighted by molar-refractivity contribution is -0.0979. The van der Waals surface area contributed by atoms with Gasteiger partial charge < -0.3 is 20.2 Å². The molecule has 0 saturated heterocycles. The van der Waals surface area contributed by atoms with E-state index in [4.69, 9.17) is 15.3 Å². The standard InChI is InChI=1S/C8H18N2O2.C5H10.CH2O/c1-8(2,3)10(7(9)11)5-6-12-4;1-4-5(2)3;1-2/h5-6H2,1-4H3,(H2,9,11);2,4H2,1,3H3;1H2. The third-order valence-corrected chi connectivity index (χ3v) is 2.20. The first-order chi connectivity index (χ1) is 8.66. The van der Waals surface area contributed by atoms with Crippen LogP contribution in [0, 0.1) is 0 Å². The average Bonchev–Trinajstić information content (AvgIpc) is 2.30. The van der Waals surface area contributed by atoms with E-state index >= 15 is 0 Å². The summed E-state index contributed by atoms with van der Waals surface area (Å²) in [6, 6.07) is -0.403. The van der Waals surface area contributed by atoms with Crippen molar-refractivity contribution in [3.8, 4) is 0 Å². The van der Waals surface area contributed by atoms with Gasteiger partial charge in [0.2, 0.25) is 0 Å². The second-order valence-corrected chi connectivity index (χ2v) is 4.96. The molecular formula is C14H30N2O3. The molecule has 0 radical (unpaired) electrons. The molecule has 0 aliphatic rings. The van der Waals surface area contributed by atoms with Crippen LogP contribution < -0.4 is 5.73 Å². The normalized spacial score (nSPS) is 9.37. The lowest BCUT2D eigenvalue weighted by atomic mass is 10.1. The molecule has 0 aliphatic carbocycles. The molecule has 0 fully saturated rings. The Morgan fingerprint density at radius 2 is 1.68 bits per heavy atom. The van der Waals surface area contributed by atoms with Gasteiger partial charge >= 0.3 is 6.03 Å². The van der Waals surface area contributed by atoms with Crippen LogP contribution in [0.1, 0.15) is 41.0 Å². The van der Waals surface area contributed by atoms with Gasteiger partial charge in [0.25, 0.3) is 0 Å². The predicted octanol–water partition coefficient (Wildman–Crippen LogP) is 2.60. The summed E-state index contributed by atoms with van der Waals surface area (Å²) in [7, 11) is 1.60. The van der Waals surface area contributed by atoms with Crippen molar-refractivity contribution in [2.75, 3.05) is 20.3 Å². The number of hydrogen-bond donors (Lipinski definition) is 1. The number of ether oxygens (including phenoxy) is 1. The number of carbonyl (C=O) groups is 2. The summed E-state index contributed by atoms with van der Waals surface area (Å²) in [6.07, 6.45) is 1.11. The smallest absolute Gasteiger partial charge is 0.315 e. The first-order valence-electron chi connectivity index (χ1n) is 6.16. The van der Waals surface area contributed by atoms with Crippen molar-refractivity contribution in [3.63, 3.8) is 0 Å². The second-order valence-electron chi connectivity index (χ2n) is 4.96. The number of amides is 2. The van der Waals surface area contributed by atoms with Crippen LogP contribution in [0.15, 0.2) is 12.2 Å². The van der Waals surface area contributed by atoms with Gasteiger partial charge in [-0.3, -0.25) is 0 Å². The van der Waals surface area contributed by atoms with E-state index in [-0.39, 0.29) is 5.54 Å². The summed E-state index contributed by atoms with van der Waals surface area (Å²) in [5.41, 5.74) is 6.22. The second kappa shape index (κ2) is 13.1. The van der Waals surface area contributed by atoms with Crippen LogP contribution in [0.2, 0.25) is 0 Å². The molecule has 0 bridgehead atoms. The van der Waals surface area contributed by atoms with Crippen molar-refractivity contribution in [2.45, 2.75) is 46.6 Å². The number of nitrogens with two attached hydrogens (primary N) is 1. The summed E-state index contributed by atoms with van der Waals surface area (Å²) in [4.78, 5) is 20.5. The Bertz CT molecular complexity index is 248. The number of primary amides is 1. The Balaban J connectivity index is -0.000000307. The first-order valence-corrected chi connectivity index (χ1v) is 6.16. The summed E-state index contributed by atoms with van der Waals surface area (Å²) in [6.45, 7) is 16.7. The zero-order valence-electron chi connectivity index (χ0n) is 13.3. The molecule has 5 heteroatoms. The fourth-order valence-electron chi connectivity index (χ4n) is 0.959. The maximum Gasteiger partial charge on any atom is 0.315 e.